The maximum absolute atomic E-state index is 12.5. The summed E-state index contributed by atoms with van der Waals surface area (Å²) in [6, 6.07) is 6.44. The van der Waals surface area contributed by atoms with Crippen molar-refractivity contribution >= 4 is 29.3 Å². The highest BCUT2D eigenvalue weighted by Gasteiger charge is 2.24. The largest absolute Gasteiger partial charge is 0.453 e. The van der Waals surface area contributed by atoms with E-state index < -0.39 is 12.1 Å². The van der Waals surface area contributed by atoms with Gasteiger partial charge in [0.2, 0.25) is 17.6 Å². The predicted octanol–water partition coefficient (Wildman–Crippen LogP) is 2.80. The molecule has 0 aromatic heterocycles. The summed E-state index contributed by atoms with van der Waals surface area (Å²) in [6.07, 6.45) is 2.17. The van der Waals surface area contributed by atoms with Gasteiger partial charge in [-0.2, -0.15) is 0 Å². The van der Waals surface area contributed by atoms with Gasteiger partial charge in [-0.05, 0) is 44.0 Å². The number of hydrogen-bond donors (Lipinski definition) is 1. The fourth-order valence-corrected chi connectivity index (χ4v) is 2.89. The fraction of sp³-hybridized carbons (Fsp3) is 0.524. The average Bonchev–Trinajstić information content (AvgIpc) is 2.86. The lowest BCUT2D eigenvalue weighted by molar-refractivity contribution is -0.151. The topological polar surface area (TPSA) is 92.8 Å². The Hall–Kier alpha value is -2.70. The Morgan fingerprint density at radius 1 is 1.07 bits per heavy atom. The van der Waals surface area contributed by atoms with Crippen LogP contribution in [0.25, 0.3) is 0 Å². The van der Waals surface area contributed by atoms with Crippen molar-refractivity contribution in [2.45, 2.75) is 52.6 Å². The van der Waals surface area contributed by atoms with E-state index in [9.17, 15) is 19.2 Å². The van der Waals surface area contributed by atoms with Crippen LogP contribution in [-0.4, -0.2) is 47.7 Å². The summed E-state index contributed by atoms with van der Waals surface area (Å²) >= 11 is 0. The molecule has 1 unspecified atom stereocenters. The summed E-state index contributed by atoms with van der Waals surface area (Å²) in [6.45, 7) is 5.51. The number of benzene rings is 1. The van der Waals surface area contributed by atoms with E-state index in [2.05, 4.69) is 5.32 Å². The number of rotatable bonds is 7. The molecule has 0 bridgehead atoms. The van der Waals surface area contributed by atoms with E-state index in [0.29, 0.717) is 24.2 Å². The maximum Gasteiger partial charge on any atom is 0.326 e. The number of anilines is 1. The van der Waals surface area contributed by atoms with Gasteiger partial charge in [-0.15, -0.1) is 0 Å². The van der Waals surface area contributed by atoms with Crippen molar-refractivity contribution in [2.75, 3.05) is 18.4 Å². The molecular weight excluding hydrogens is 360 g/mol. The van der Waals surface area contributed by atoms with Crippen LogP contribution in [0.3, 0.4) is 0 Å². The number of ether oxygens (including phenoxy) is 1. The number of nitrogens with one attached hydrogen (secondary N) is 1. The summed E-state index contributed by atoms with van der Waals surface area (Å²) < 4.78 is 5.23. The van der Waals surface area contributed by atoms with E-state index in [1.165, 1.54) is 11.8 Å². The molecule has 2 amide bonds. The lowest BCUT2D eigenvalue weighted by Crippen LogP contribution is -2.37. The van der Waals surface area contributed by atoms with Gasteiger partial charge in [0.15, 0.2) is 6.10 Å². The molecule has 7 nitrogen and oxygen atoms in total. The summed E-state index contributed by atoms with van der Waals surface area (Å²) in [5, 5.41) is 2.75. The van der Waals surface area contributed by atoms with Crippen LogP contribution in [0, 0.1) is 5.92 Å². The number of amides is 2. The number of nitrogens with zero attached hydrogens (tertiary/aromatic N) is 1. The Balaban J connectivity index is 1.90. The van der Waals surface area contributed by atoms with E-state index in [1.54, 1.807) is 38.1 Å². The number of ketones is 1. The number of hydrogen-bond acceptors (Lipinski definition) is 5. The highest BCUT2D eigenvalue weighted by Crippen LogP contribution is 2.15. The van der Waals surface area contributed by atoms with Crippen LogP contribution < -0.4 is 5.32 Å². The fourth-order valence-electron chi connectivity index (χ4n) is 2.89. The third-order valence-electron chi connectivity index (χ3n) is 4.63. The van der Waals surface area contributed by atoms with Gasteiger partial charge in [0.05, 0.1) is 0 Å². The zero-order chi connectivity index (χ0) is 20.7. The molecule has 152 valence electrons. The summed E-state index contributed by atoms with van der Waals surface area (Å²) in [4.78, 5) is 49.8. The number of carbonyl (C=O) groups excluding carboxylic acids is 4. The first-order chi connectivity index (χ1) is 13.3. The third kappa shape index (κ3) is 6.18. The third-order valence-corrected chi connectivity index (χ3v) is 4.63. The molecule has 1 saturated heterocycles. The molecule has 0 aliphatic carbocycles. The Kier molecular flexibility index (Phi) is 7.72. The van der Waals surface area contributed by atoms with Gasteiger partial charge in [0.25, 0.3) is 0 Å². The summed E-state index contributed by atoms with van der Waals surface area (Å²) in [7, 11) is 0. The molecule has 1 aliphatic heterocycles. The van der Waals surface area contributed by atoms with Gasteiger partial charge in [-0.3, -0.25) is 19.2 Å². The molecule has 1 N–H and O–H groups in total. The Bertz CT molecular complexity index is 727. The van der Waals surface area contributed by atoms with Gasteiger partial charge < -0.3 is 15.0 Å². The SMILES string of the molecule is CC(C)C(=O)Nc1ccc(C(=O)C(C)OC(=O)CN2CCCCCC2=O)cc1. The van der Waals surface area contributed by atoms with Crippen LogP contribution in [0.1, 0.15) is 56.8 Å². The first kappa shape index (κ1) is 21.6. The number of Topliss-reactive ketones (excluding diaryl/α,β-unsaturated/α-hetero) is 1. The molecule has 0 radical (unpaired) electrons. The average molecular weight is 388 g/mol. The van der Waals surface area contributed by atoms with Crippen LogP contribution in [-0.2, 0) is 19.1 Å². The second-order valence-corrected chi connectivity index (χ2v) is 7.34. The van der Waals surface area contributed by atoms with E-state index >= 15 is 0 Å². The van der Waals surface area contributed by atoms with Gasteiger partial charge in [-0.25, -0.2) is 0 Å². The summed E-state index contributed by atoms with van der Waals surface area (Å²) in [5.41, 5.74) is 0.980. The Labute approximate surface area is 165 Å². The molecule has 7 heteroatoms. The zero-order valence-corrected chi connectivity index (χ0v) is 16.7. The second kappa shape index (κ2) is 10.0. The molecule has 1 aliphatic rings. The number of esters is 1. The molecule has 1 fully saturated rings. The van der Waals surface area contributed by atoms with Crippen molar-refractivity contribution in [1.82, 2.24) is 4.90 Å². The quantitative estimate of drug-likeness (QED) is 0.573. The standard InChI is InChI=1S/C21H28N2O5/c1-14(2)21(27)22-17-10-8-16(9-11-17)20(26)15(3)28-19(25)13-23-12-6-4-5-7-18(23)24/h8-11,14-15H,4-7,12-13H2,1-3H3,(H,22,27). The van der Waals surface area contributed by atoms with Crippen molar-refractivity contribution in [3.05, 3.63) is 29.8 Å². The lowest BCUT2D eigenvalue weighted by Gasteiger charge is -2.20. The molecule has 1 atom stereocenters. The highest BCUT2D eigenvalue weighted by atomic mass is 16.5. The van der Waals surface area contributed by atoms with E-state index in [4.69, 9.17) is 4.74 Å². The zero-order valence-electron chi connectivity index (χ0n) is 16.7. The lowest BCUT2D eigenvalue weighted by atomic mass is 10.1. The minimum atomic E-state index is -0.953. The molecule has 0 spiro atoms. The molecular formula is C21H28N2O5. The smallest absolute Gasteiger partial charge is 0.326 e. The number of likely N-dealkylation sites (tertiary alicyclic amines) is 1. The van der Waals surface area contributed by atoms with Crippen molar-refractivity contribution in [2.24, 2.45) is 5.92 Å². The van der Waals surface area contributed by atoms with E-state index in [1.807, 2.05) is 0 Å². The first-order valence-electron chi connectivity index (χ1n) is 9.70. The normalized spacial score (nSPS) is 15.7. The maximum atomic E-state index is 12.5. The van der Waals surface area contributed by atoms with Crippen LogP contribution in [0.5, 0.6) is 0 Å². The van der Waals surface area contributed by atoms with Crippen LogP contribution in [0.2, 0.25) is 0 Å². The van der Waals surface area contributed by atoms with Gasteiger partial charge in [0, 0.05) is 30.1 Å². The molecule has 0 saturated carbocycles. The highest BCUT2D eigenvalue weighted by molar-refractivity contribution is 6.01. The number of carbonyl (C=O) groups is 4. The molecule has 1 aromatic carbocycles. The summed E-state index contributed by atoms with van der Waals surface area (Å²) in [5.74, 6) is -1.22. The van der Waals surface area contributed by atoms with Crippen molar-refractivity contribution in [3.8, 4) is 0 Å². The first-order valence-corrected chi connectivity index (χ1v) is 9.70. The Morgan fingerprint density at radius 2 is 1.75 bits per heavy atom. The Morgan fingerprint density at radius 3 is 2.39 bits per heavy atom. The monoisotopic (exact) mass is 388 g/mol. The molecule has 1 heterocycles. The van der Waals surface area contributed by atoms with E-state index in [0.717, 1.165) is 19.3 Å². The van der Waals surface area contributed by atoms with Crippen LogP contribution in [0.15, 0.2) is 24.3 Å². The van der Waals surface area contributed by atoms with Gasteiger partial charge in [-0.1, -0.05) is 20.3 Å². The predicted molar refractivity (Wildman–Crippen MR) is 105 cm³/mol. The van der Waals surface area contributed by atoms with Crippen LogP contribution in [0.4, 0.5) is 5.69 Å². The molecule has 1 aromatic rings. The van der Waals surface area contributed by atoms with E-state index in [-0.39, 0.29) is 30.1 Å². The van der Waals surface area contributed by atoms with Crippen molar-refractivity contribution in [3.63, 3.8) is 0 Å². The molecule has 2 rings (SSSR count). The molecule has 28 heavy (non-hydrogen) atoms. The second-order valence-electron chi connectivity index (χ2n) is 7.34. The van der Waals surface area contributed by atoms with Gasteiger partial charge in [0.1, 0.15) is 6.54 Å². The van der Waals surface area contributed by atoms with Crippen LogP contribution >= 0.6 is 0 Å². The van der Waals surface area contributed by atoms with Gasteiger partial charge >= 0.3 is 5.97 Å². The minimum absolute atomic E-state index is 0.0486. The van der Waals surface area contributed by atoms with Crippen molar-refractivity contribution in [1.29, 1.82) is 0 Å². The van der Waals surface area contributed by atoms with Crippen molar-refractivity contribution < 1.29 is 23.9 Å². The minimum Gasteiger partial charge on any atom is -0.453 e.